The Morgan fingerprint density at radius 1 is 1.35 bits per heavy atom. The Morgan fingerprint density at radius 3 is 2.76 bits per heavy atom. The molecule has 1 unspecified atom stereocenters. The van der Waals surface area contributed by atoms with Crippen LogP contribution in [0, 0.1) is 24.2 Å². The summed E-state index contributed by atoms with van der Waals surface area (Å²) in [5.74, 6) is 0.698. The molecule has 1 aliphatic carbocycles. The fourth-order valence-electron chi connectivity index (χ4n) is 5.44. The lowest BCUT2D eigenvalue weighted by Crippen LogP contribution is -2.63. The predicted molar refractivity (Wildman–Crippen MR) is 130 cm³/mol. The molecule has 3 aliphatic rings. The van der Waals surface area contributed by atoms with E-state index >= 15 is 0 Å². The molecule has 8 nitrogen and oxygen atoms in total. The van der Waals surface area contributed by atoms with Gasteiger partial charge in [0.1, 0.15) is 11.4 Å². The lowest BCUT2D eigenvalue weighted by molar-refractivity contribution is -0.133. The van der Waals surface area contributed by atoms with Gasteiger partial charge in [-0.05, 0) is 65.0 Å². The zero-order valence-electron chi connectivity index (χ0n) is 21.2. The van der Waals surface area contributed by atoms with Crippen molar-refractivity contribution < 1.29 is 19.1 Å². The number of hydrogen-bond acceptors (Lipinski definition) is 5. The van der Waals surface area contributed by atoms with Gasteiger partial charge in [-0.15, -0.1) is 0 Å². The first-order chi connectivity index (χ1) is 15.9. The summed E-state index contributed by atoms with van der Waals surface area (Å²) in [6.07, 6.45) is 2.30. The van der Waals surface area contributed by atoms with Gasteiger partial charge in [-0.1, -0.05) is 12.1 Å². The fraction of sp³-hybridized carbons (Fsp3) is 0.654. The average molecular weight is 471 g/mol. The van der Waals surface area contributed by atoms with E-state index in [-0.39, 0.29) is 47.3 Å². The Morgan fingerprint density at radius 2 is 2.09 bits per heavy atom. The second-order valence-electron chi connectivity index (χ2n) is 11.3. The molecule has 8 heteroatoms. The van der Waals surface area contributed by atoms with E-state index in [0.717, 1.165) is 16.9 Å². The molecule has 1 saturated heterocycles. The molecular formula is C26H38N4O4. The van der Waals surface area contributed by atoms with Crippen molar-refractivity contribution in [1.29, 1.82) is 5.41 Å². The number of amides is 2. The maximum Gasteiger partial charge on any atom is 0.231 e. The molecule has 0 bridgehead atoms. The molecule has 3 N–H and O–H groups in total. The molecule has 2 fully saturated rings. The molecule has 4 rings (SSSR count). The Balaban J connectivity index is 1.48. The van der Waals surface area contributed by atoms with Gasteiger partial charge in [-0.3, -0.25) is 19.9 Å². The maximum absolute atomic E-state index is 13.3. The van der Waals surface area contributed by atoms with E-state index in [0.29, 0.717) is 32.3 Å². The number of aryl methyl sites for hydroxylation is 1. The smallest absolute Gasteiger partial charge is 0.231 e. The number of hydrogen-bond donors (Lipinski definition) is 3. The number of nitrogens with zero attached hydrogens (tertiary/aromatic N) is 1. The van der Waals surface area contributed by atoms with Crippen LogP contribution in [-0.4, -0.2) is 53.6 Å². The first-order valence-electron chi connectivity index (χ1n) is 12.2. The summed E-state index contributed by atoms with van der Waals surface area (Å²) in [5.41, 5.74) is 1.30. The minimum absolute atomic E-state index is 0.00548. The van der Waals surface area contributed by atoms with E-state index in [1.54, 1.807) is 12.0 Å². The molecule has 2 amide bonds. The number of ether oxygens (including phenoxy) is 2. The number of carbonyl (C=O) groups excluding carboxylic acids is 2. The van der Waals surface area contributed by atoms with Gasteiger partial charge in [0.05, 0.1) is 6.04 Å². The minimum atomic E-state index is -0.446. The van der Waals surface area contributed by atoms with Gasteiger partial charge in [0.2, 0.25) is 11.8 Å². The Labute approximate surface area is 202 Å². The van der Waals surface area contributed by atoms with Crippen LogP contribution >= 0.6 is 0 Å². The molecular weight excluding hydrogens is 432 g/mol. The summed E-state index contributed by atoms with van der Waals surface area (Å²) in [4.78, 5) is 27.9. The standard InChI is InChI=1S/C26H38N4O4/c1-15-7-8-16-19(13-26(4,5)34-21(16)11-15)28-23(32)18-12-17(18)20(9-10-33-6)30-22(31)14-25(2,3)29-24(30)27/h7-8,11,17-20H,9-10,12-14H2,1-6H3,(H2,27,29)(H,28,32)/t17?,18-,19-,20-/m1/s1. The number of benzene rings is 1. The van der Waals surface area contributed by atoms with Crippen molar-refractivity contribution in [2.24, 2.45) is 11.8 Å². The fourth-order valence-corrected chi connectivity index (χ4v) is 5.44. The molecule has 0 aromatic heterocycles. The van der Waals surface area contributed by atoms with Crippen LogP contribution < -0.4 is 15.4 Å². The van der Waals surface area contributed by atoms with Crippen LogP contribution in [-0.2, 0) is 14.3 Å². The zero-order valence-corrected chi connectivity index (χ0v) is 21.2. The highest BCUT2D eigenvalue weighted by Gasteiger charge is 2.53. The number of carbonyl (C=O) groups is 2. The van der Waals surface area contributed by atoms with Crippen molar-refractivity contribution in [2.75, 3.05) is 13.7 Å². The van der Waals surface area contributed by atoms with Gasteiger partial charge < -0.3 is 20.1 Å². The summed E-state index contributed by atoms with van der Waals surface area (Å²) >= 11 is 0. The van der Waals surface area contributed by atoms with Gasteiger partial charge in [-0.25, -0.2) is 0 Å². The number of fused-ring (bicyclic) bond motifs is 1. The van der Waals surface area contributed by atoms with E-state index in [2.05, 4.69) is 10.6 Å². The van der Waals surface area contributed by atoms with Crippen LogP contribution in [0.1, 0.15) is 70.5 Å². The summed E-state index contributed by atoms with van der Waals surface area (Å²) in [6.45, 7) is 10.4. The van der Waals surface area contributed by atoms with Gasteiger partial charge in [0, 0.05) is 49.6 Å². The molecule has 2 heterocycles. The Hall–Kier alpha value is -2.61. The van der Waals surface area contributed by atoms with Gasteiger partial charge in [0.25, 0.3) is 0 Å². The third-order valence-corrected chi connectivity index (χ3v) is 7.12. The summed E-state index contributed by atoms with van der Waals surface area (Å²) in [6, 6.07) is 5.75. The zero-order chi connectivity index (χ0) is 24.8. The quantitative estimate of drug-likeness (QED) is 0.567. The predicted octanol–water partition coefficient (Wildman–Crippen LogP) is 3.29. The topological polar surface area (TPSA) is 104 Å². The monoisotopic (exact) mass is 470 g/mol. The van der Waals surface area contributed by atoms with Crippen LogP contribution in [0.4, 0.5) is 0 Å². The number of nitrogens with one attached hydrogen (secondary N) is 3. The first-order valence-corrected chi connectivity index (χ1v) is 12.2. The van der Waals surface area contributed by atoms with Crippen LogP contribution in [0.3, 0.4) is 0 Å². The molecule has 1 saturated carbocycles. The van der Waals surface area contributed by atoms with E-state index in [9.17, 15) is 9.59 Å². The molecule has 34 heavy (non-hydrogen) atoms. The Bertz CT molecular complexity index is 969. The average Bonchev–Trinajstić information content (AvgIpc) is 3.48. The molecule has 0 spiro atoms. The van der Waals surface area contributed by atoms with Crippen LogP contribution in [0.25, 0.3) is 0 Å². The third kappa shape index (κ3) is 5.06. The highest BCUT2D eigenvalue weighted by Crippen LogP contribution is 2.46. The van der Waals surface area contributed by atoms with Crippen LogP contribution in [0.5, 0.6) is 5.75 Å². The lowest BCUT2D eigenvalue weighted by atomic mass is 9.89. The van der Waals surface area contributed by atoms with Crippen molar-refractivity contribution in [3.05, 3.63) is 29.3 Å². The second-order valence-corrected chi connectivity index (χ2v) is 11.3. The van der Waals surface area contributed by atoms with Crippen LogP contribution in [0.2, 0.25) is 0 Å². The van der Waals surface area contributed by atoms with Gasteiger partial charge >= 0.3 is 0 Å². The van der Waals surface area contributed by atoms with Crippen molar-refractivity contribution in [3.8, 4) is 5.75 Å². The highest BCUT2D eigenvalue weighted by atomic mass is 16.5. The van der Waals surface area contributed by atoms with E-state index in [1.807, 2.05) is 52.8 Å². The van der Waals surface area contributed by atoms with Crippen molar-refractivity contribution in [2.45, 2.75) is 83.5 Å². The van der Waals surface area contributed by atoms with Crippen molar-refractivity contribution in [1.82, 2.24) is 15.5 Å². The van der Waals surface area contributed by atoms with Gasteiger partial charge in [-0.2, -0.15) is 0 Å². The Kier molecular flexibility index (Phi) is 6.40. The normalized spacial score (nSPS) is 27.8. The summed E-state index contributed by atoms with van der Waals surface area (Å²) < 4.78 is 11.5. The number of rotatable bonds is 7. The third-order valence-electron chi connectivity index (χ3n) is 7.12. The largest absolute Gasteiger partial charge is 0.487 e. The SMILES string of the molecule is COCC[C@H](C1C[C@H]1C(=O)N[C@@H]1CC(C)(C)Oc2cc(C)ccc21)N1C(=N)NC(C)(C)CC1=O. The molecule has 1 aromatic carbocycles. The first kappa shape index (κ1) is 24.5. The molecule has 2 aliphatic heterocycles. The van der Waals surface area contributed by atoms with E-state index in [1.165, 1.54) is 0 Å². The van der Waals surface area contributed by atoms with Crippen molar-refractivity contribution >= 4 is 17.8 Å². The highest BCUT2D eigenvalue weighted by molar-refractivity contribution is 5.99. The molecule has 186 valence electrons. The molecule has 1 aromatic rings. The number of guanidine groups is 1. The summed E-state index contributed by atoms with van der Waals surface area (Å²) in [5, 5.41) is 14.9. The summed E-state index contributed by atoms with van der Waals surface area (Å²) in [7, 11) is 1.63. The lowest BCUT2D eigenvalue weighted by Gasteiger charge is -2.42. The van der Waals surface area contributed by atoms with E-state index in [4.69, 9.17) is 14.9 Å². The second kappa shape index (κ2) is 8.87. The molecule has 4 atom stereocenters. The van der Waals surface area contributed by atoms with Crippen LogP contribution in [0.15, 0.2) is 18.2 Å². The van der Waals surface area contributed by atoms with E-state index < -0.39 is 5.54 Å². The number of methoxy groups -OCH3 is 1. The van der Waals surface area contributed by atoms with Gasteiger partial charge in [0.15, 0.2) is 5.96 Å². The molecule has 0 radical (unpaired) electrons. The maximum atomic E-state index is 13.3. The minimum Gasteiger partial charge on any atom is -0.487 e. The van der Waals surface area contributed by atoms with Crippen molar-refractivity contribution in [3.63, 3.8) is 0 Å².